The Bertz CT molecular complexity index is 500. The van der Waals surface area contributed by atoms with Gasteiger partial charge in [0.1, 0.15) is 0 Å². The number of carboxylic acid groups (broad SMARTS) is 1. The lowest BCUT2D eigenvalue weighted by Crippen LogP contribution is -2.21. The first-order valence-corrected chi connectivity index (χ1v) is 15.1. The average molecular weight is 495 g/mol. The van der Waals surface area contributed by atoms with Crippen LogP contribution in [-0.4, -0.2) is 23.7 Å². The lowest BCUT2D eigenvalue weighted by molar-refractivity contribution is -0.153. The third kappa shape index (κ3) is 25.6. The van der Waals surface area contributed by atoms with Crippen molar-refractivity contribution in [1.29, 1.82) is 0 Å². The van der Waals surface area contributed by atoms with Crippen LogP contribution in [0.5, 0.6) is 0 Å². The molecule has 0 radical (unpaired) electrons. The fraction of sp³-hybridized carbons (Fsp3) is 0.871. The fourth-order valence-corrected chi connectivity index (χ4v) is 4.54. The molecule has 0 aliphatic rings. The van der Waals surface area contributed by atoms with Crippen LogP contribution < -0.4 is 0 Å². The summed E-state index contributed by atoms with van der Waals surface area (Å²) in [4.78, 5) is 23.0. The van der Waals surface area contributed by atoms with Gasteiger partial charge in [0.05, 0.1) is 18.9 Å². The number of unbranched alkanes of at least 4 members (excludes halogenated alkanes) is 18. The molecule has 4 heteroatoms. The molecule has 0 fully saturated rings. The number of hydrogen-bond acceptors (Lipinski definition) is 3. The van der Waals surface area contributed by atoms with Crippen LogP contribution in [0.4, 0.5) is 0 Å². The first-order chi connectivity index (χ1) is 17.1. The van der Waals surface area contributed by atoms with E-state index in [1.54, 1.807) is 0 Å². The van der Waals surface area contributed by atoms with E-state index in [4.69, 9.17) is 9.84 Å². The van der Waals surface area contributed by atoms with E-state index in [9.17, 15) is 9.59 Å². The highest BCUT2D eigenvalue weighted by atomic mass is 16.5. The molecule has 1 unspecified atom stereocenters. The van der Waals surface area contributed by atoms with Gasteiger partial charge in [-0.05, 0) is 32.1 Å². The molecule has 0 aliphatic carbocycles. The van der Waals surface area contributed by atoms with Gasteiger partial charge in [-0.25, -0.2) is 0 Å². The molecule has 0 bridgehead atoms. The molecule has 0 saturated carbocycles. The Morgan fingerprint density at radius 3 is 1.49 bits per heavy atom. The van der Waals surface area contributed by atoms with Gasteiger partial charge >= 0.3 is 11.9 Å². The van der Waals surface area contributed by atoms with Crippen LogP contribution in [0.1, 0.15) is 162 Å². The van der Waals surface area contributed by atoms with Gasteiger partial charge in [0.25, 0.3) is 0 Å². The molecule has 0 aromatic rings. The number of carboxylic acids is 1. The van der Waals surface area contributed by atoms with Gasteiger partial charge < -0.3 is 9.84 Å². The lowest BCUT2D eigenvalue weighted by atomic mass is 9.97. The second-order valence-electron chi connectivity index (χ2n) is 10.3. The molecule has 35 heavy (non-hydrogen) atoms. The van der Waals surface area contributed by atoms with Crippen LogP contribution in [0.3, 0.4) is 0 Å². The van der Waals surface area contributed by atoms with Crippen molar-refractivity contribution in [3.8, 4) is 0 Å². The standard InChI is InChI=1S/C31H58O4/c1-3-5-6-7-8-9-10-11-12-13-14-15-16-17-18-19-20-21-22-23-24-25-26-29(28-30(32)33)31(34)35-27-4-2/h6-7,29H,3-5,8-28H2,1-2H3,(H,32,33)/b7-6+. The zero-order valence-corrected chi connectivity index (χ0v) is 23.4. The third-order valence-electron chi connectivity index (χ3n) is 6.75. The highest BCUT2D eigenvalue weighted by Gasteiger charge is 2.22. The normalized spacial score (nSPS) is 12.3. The number of carbonyl (C=O) groups is 2. The average Bonchev–Trinajstić information content (AvgIpc) is 2.84. The Balaban J connectivity index is 3.37. The molecule has 0 spiro atoms. The van der Waals surface area contributed by atoms with E-state index < -0.39 is 11.9 Å². The molecule has 0 aromatic carbocycles. The van der Waals surface area contributed by atoms with E-state index in [0.29, 0.717) is 13.0 Å². The number of allylic oxidation sites excluding steroid dienone is 2. The van der Waals surface area contributed by atoms with Crippen LogP contribution in [-0.2, 0) is 14.3 Å². The van der Waals surface area contributed by atoms with E-state index in [-0.39, 0.29) is 12.4 Å². The Morgan fingerprint density at radius 2 is 1.06 bits per heavy atom. The van der Waals surface area contributed by atoms with Crippen molar-refractivity contribution in [2.24, 2.45) is 5.92 Å². The summed E-state index contributed by atoms with van der Waals surface area (Å²) in [5, 5.41) is 9.03. The minimum atomic E-state index is -0.916. The molecule has 1 atom stereocenters. The van der Waals surface area contributed by atoms with E-state index in [2.05, 4.69) is 19.1 Å². The number of ether oxygens (including phenoxy) is 1. The number of esters is 1. The first kappa shape index (κ1) is 33.7. The molecular formula is C31H58O4. The summed E-state index contributed by atoms with van der Waals surface area (Å²) in [6, 6.07) is 0. The Morgan fingerprint density at radius 1 is 0.629 bits per heavy atom. The topological polar surface area (TPSA) is 63.6 Å². The van der Waals surface area contributed by atoms with E-state index in [1.807, 2.05) is 6.92 Å². The van der Waals surface area contributed by atoms with Gasteiger partial charge in [0.15, 0.2) is 0 Å². The molecule has 0 amide bonds. The largest absolute Gasteiger partial charge is 0.481 e. The van der Waals surface area contributed by atoms with Crippen molar-refractivity contribution in [2.75, 3.05) is 6.61 Å². The van der Waals surface area contributed by atoms with Gasteiger partial charge in [-0.3, -0.25) is 9.59 Å². The molecule has 206 valence electrons. The molecule has 1 N–H and O–H groups in total. The van der Waals surface area contributed by atoms with Gasteiger partial charge in [0.2, 0.25) is 0 Å². The van der Waals surface area contributed by atoms with Crippen molar-refractivity contribution < 1.29 is 19.4 Å². The van der Waals surface area contributed by atoms with Gasteiger partial charge in [-0.1, -0.05) is 135 Å². The maximum absolute atomic E-state index is 12.0. The Kier molecular flexibility index (Phi) is 26.2. The van der Waals surface area contributed by atoms with Crippen molar-refractivity contribution in [3.05, 3.63) is 12.2 Å². The SMILES string of the molecule is CCC/C=C/CCCCCCCCCCCCCCCCCCCC(CC(=O)O)C(=O)OCCC. The first-order valence-electron chi connectivity index (χ1n) is 15.1. The maximum Gasteiger partial charge on any atom is 0.309 e. The quantitative estimate of drug-likeness (QED) is 0.0701. The van der Waals surface area contributed by atoms with Crippen molar-refractivity contribution in [3.63, 3.8) is 0 Å². The van der Waals surface area contributed by atoms with Crippen LogP contribution in [0.2, 0.25) is 0 Å². The highest BCUT2D eigenvalue weighted by molar-refractivity contribution is 5.79. The lowest BCUT2D eigenvalue weighted by Gasteiger charge is -2.13. The summed E-state index contributed by atoms with van der Waals surface area (Å²) in [6.07, 6.45) is 32.2. The minimum Gasteiger partial charge on any atom is -0.481 e. The molecule has 0 aliphatic heterocycles. The maximum atomic E-state index is 12.0. The number of aliphatic carboxylic acids is 1. The summed E-state index contributed by atoms with van der Waals surface area (Å²) in [5.41, 5.74) is 0. The van der Waals surface area contributed by atoms with Crippen LogP contribution >= 0.6 is 0 Å². The number of rotatable bonds is 27. The van der Waals surface area contributed by atoms with E-state index >= 15 is 0 Å². The molecule has 0 aromatic heterocycles. The summed E-state index contributed by atoms with van der Waals surface area (Å²) < 4.78 is 5.15. The van der Waals surface area contributed by atoms with E-state index in [1.165, 1.54) is 116 Å². The molecule has 0 heterocycles. The predicted octanol–water partition coefficient (Wildman–Crippen LogP) is 9.80. The summed E-state index contributed by atoms with van der Waals surface area (Å²) >= 11 is 0. The van der Waals surface area contributed by atoms with Crippen molar-refractivity contribution in [2.45, 2.75) is 162 Å². The fourth-order valence-electron chi connectivity index (χ4n) is 4.54. The van der Waals surface area contributed by atoms with Gasteiger partial charge in [-0.2, -0.15) is 0 Å². The highest BCUT2D eigenvalue weighted by Crippen LogP contribution is 2.18. The van der Waals surface area contributed by atoms with Crippen LogP contribution in [0.15, 0.2) is 12.2 Å². The van der Waals surface area contributed by atoms with Crippen LogP contribution in [0.25, 0.3) is 0 Å². The van der Waals surface area contributed by atoms with Gasteiger partial charge in [-0.15, -0.1) is 0 Å². The minimum absolute atomic E-state index is 0.111. The van der Waals surface area contributed by atoms with Gasteiger partial charge in [0, 0.05) is 0 Å². The second kappa shape index (κ2) is 27.3. The molecule has 4 nitrogen and oxygen atoms in total. The van der Waals surface area contributed by atoms with Crippen LogP contribution in [0, 0.1) is 5.92 Å². The smallest absolute Gasteiger partial charge is 0.309 e. The zero-order chi connectivity index (χ0) is 25.8. The number of carbonyl (C=O) groups excluding carboxylic acids is 1. The summed E-state index contributed by atoms with van der Waals surface area (Å²) in [7, 11) is 0. The van der Waals surface area contributed by atoms with Crippen molar-refractivity contribution in [1.82, 2.24) is 0 Å². The van der Waals surface area contributed by atoms with Crippen molar-refractivity contribution >= 4 is 11.9 Å². The number of hydrogen-bond donors (Lipinski definition) is 1. The second-order valence-corrected chi connectivity index (χ2v) is 10.3. The monoisotopic (exact) mass is 494 g/mol. The Labute approximate surface area is 217 Å². The summed E-state index contributed by atoms with van der Waals surface area (Å²) in [5.74, 6) is -1.74. The molecule has 0 saturated heterocycles. The predicted molar refractivity (Wildman–Crippen MR) is 149 cm³/mol. The summed E-state index contributed by atoms with van der Waals surface area (Å²) in [6.45, 7) is 4.56. The third-order valence-corrected chi connectivity index (χ3v) is 6.75. The van der Waals surface area contributed by atoms with E-state index in [0.717, 1.165) is 19.3 Å². The zero-order valence-electron chi connectivity index (χ0n) is 23.4. The molecule has 0 rings (SSSR count). The Hall–Kier alpha value is -1.32. The molecular weight excluding hydrogens is 436 g/mol.